The molecule has 0 aromatic heterocycles. The van der Waals surface area contributed by atoms with Gasteiger partial charge >= 0.3 is 12.2 Å². The second-order valence-corrected chi connectivity index (χ2v) is 9.87. The maximum Gasteiger partial charge on any atom is 0.421 e. The standard InChI is InChI=1S/C20H22N2O8S2/c1-15-5-9-17(10-6-15)31(25,26)21-19(23)29-13-3-4-14-30-20(24)22-32(27,28)18-11-7-16(2)8-12-18/h3-12H,13-14H2,1-2H3,(H,21,23)(H,22,24)/b4-3-. The molecule has 0 spiro atoms. The number of benzene rings is 2. The summed E-state index contributed by atoms with van der Waals surface area (Å²) >= 11 is 0. The lowest BCUT2D eigenvalue weighted by Crippen LogP contribution is -2.31. The Hall–Kier alpha value is -3.38. The summed E-state index contributed by atoms with van der Waals surface area (Å²) in [6.45, 7) is 2.98. The third kappa shape index (κ3) is 7.71. The fourth-order valence-electron chi connectivity index (χ4n) is 2.21. The maximum absolute atomic E-state index is 12.1. The lowest BCUT2D eigenvalue weighted by atomic mass is 10.2. The second-order valence-electron chi connectivity index (χ2n) is 6.51. The number of carbonyl (C=O) groups excluding carboxylic acids is 2. The van der Waals surface area contributed by atoms with Crippen LogP contribution < -0.4 is 9.44 Å². The molecule has 10 nitrogen and oxygen atoms in total. The van der Waals surface area contributed by atoms with Gasteiger partial charge in [-0.25, -0.2) is 35.9 Å². The second kappa shape index (κ2) is 10.8. The lowest BCUT2D eigenvalue weighted by molar-refractivity contribution is 0.160. The Morgan fingerprint density at radius 1 is 0.688 bits per heavy atom. The van der Waals surface area contributed by atoms with Crippen LogP contribution in [0.2, 0.25) is 0 Å². The number of hydrogen-bond donors (Lipinski definition) is 2. The van der Waals surface area contributed by atoms with E-state index in [0.29, 0.717) is 0 Å². The van der Waals surface area contributed by atoms with Crippen molar-refractivity contribution in [3.63, 3.8) is 0 Å². The number of aryl methyl sites for hydroxylation is 2. The van der Waals surface area contributed by atoms with Crippen molar-refractivity contribution in [3.05, 3.63) is 71.8 Å². The molecule has 32 heavy (non-hydrogen) atoms. The van der Waals surface area contributed by atoms with E-state index in [9.17, 15) is 26.4 Å². The van der Waals surface area contributed by atoms with Crippen LogP contribution >= 0.6 is 0 Å². The molecule has 0 bridgehead atoms. The molecule has 172 valence electrons. The molecule has 0 atom stereocenters. The minimum absolute atomic E-state index is 0.0874. The van der Waals surface area contributed by atoms with E-state index in [1.165, 1.54) is 36.4 Å². The minimum Gasteiger partial charge on any atom is -0.445 e. The van der Waals surface area contributed by atoms with Gasteiger partial charge in [0.1, 0.15) is 13.2 Å². The quantitative estimate of drug-likeness (QED) is 0.546. The minimum atomic E-state index is -4.06. The molecule has 0 aliphatic carbocycles. The number of carbonyl (C=O) groups is 2. The Morgan fingerprint density at radius 2 is 1.00 bits per heavy atom. The van der Waals surface area contributed by atoms with Gasteiger partial charge in [-0.3, -0.25) is 0 Å². The highest BCUT2D eigenvalue weighted by Gasteiger charge is 2.19. The number of ether oxygens (including phenoxy) is 2. The van der Waals surface area contributed by atoms with Crippen LogP contribution in [-0.2, 0) is 29.5 Å². The first-order valence-electron chi connectivity index (χ1n) is 9.17. The molecular weight excluding hydrogens is 460 g/mol. The Balaban J connectivity index is 1.72. The van der Waals surface area contributed by atoms with Crippen LogP contribution in [0.15, 0.2) is 70.5 Å². The average Bonchev–Trinajstić information content (AvgIpc) is 2.70. The number of sulfonamides is 2. The molecule has 2 N–H and O–H groups in total. The van der Waals surface area contributed by atoms with Crippen LogP contribution in [0.1, 0.15) is 11.1 Å². The summed E-state index contributed by atoms with van der Waals surface area (Å²) in [4.78, 5) is 23.1. The fraction of sp³-hybridized carbons (Fsp3) is 0.200. The summed E-state index contributed by atoms with van der Waals surface area (Å²) in [6.07, 6.45) is 0.218. The number of nitrogens with one attached hydrogen (secondary N) is 2. The van der Waals surface area contributed by atoms with Crippen LogP contribution in [-0.4, -0.2) is 42.2 Å². The van der Waals surface area contributed by atoms with E-state index >= 15 is 0 Å². The molecule has 2 amide bonds. The summed E-state index contributed by atoms with van der Waals surface area (Å²) in [7, 11) is -8.12. The zero-order valence-corrected chi connectivity index (χ0v) is 18.9. The number of rotatable bonds is 8. The zero-order chi connectivity index (χ0) is 23.8. The predicted molar refractivity (Wildman–Crippen MR) is 115 cm³/mol. The third-order valence-electron chi connectivity index (χ3n) is 3.89. The van der Waals surface area contributed by atoms with Gasteiger partial charge in [-0.05, 0) is 50.3 Å². The van der Waals surface area contributed by atoms with Crippen LogP contribution in [0.25, 0.3) is 0 Å². The highest BCUT2D eigenvalue weighted by Crippen LogP contribution is 2.11. The Labute approximate surface area is 186 Å². The smallest absolute Gasteiger partial charge is 0.421 e. The van der Waals surface area contributed by atoms with E-state index in [0.717, 1.165) is 11.1 Å². The Bertz CT molecular complexity index is 1090. The van der Waals surface area contributed by atoms with E-state index < -0.39 is 32.2 Å². The molecule has 0 fully saturated rings. The fourth-order valence-corrected chi connectivity index (χ4v) is 4.00. The van der Waals surface area contributed by atoms with Crippen molar-refractivity contribution in [2.24, 2.45) is 0 Å². The first-order valence-corrected chi connectivity index (χ1v) is 12.1. The molecule has 0 aliphatic heterocycles. The average molecular weight is 483 g/mol. The summed E-state index contributed by atoms with van der Waals surface area (Å²) in [6, 6.07) is 11.8. The van der Waals surface area contributed by atoms with Crippen molar-refractivity contribution in [2.45, 2.75) is 23.6 Å². The molecule has 0 unspecified atom stereocenters. The number of hydrogen-bond acceptors (Lipinski definition) is 8. The van der Waals surface area contributed by atoms with Crippen molar-refractivity contribution in [2.75, 3.05) is 13.2 Å². The Morgan fingerprint density at radius 3 is 1.31 bits per heavy atom. The first-order chi connectivity index (χ1) is 15.0. The maximum atomic E-state index is 12.1. The summed E-state index contributed by atoms with van der Waals surface area (Å²) in [5.41, 5.74) is 1.72. The van der Waals surface area contributed by atoms with Crippen molar-refractivity contribution >= 4 is 32.2 Å². The number of amides is 2. The summed E-state index contributed by atoms with van der Waals surface area (Å²) in [5, 5.41) is 0. The molecule has 2 rings (SSSR count). The third-order valence-corrected chi connectivity index (χ3v) is 6.54. The van der Waals surface area contributed by atoms with Gasteiger partial charge in [0.15, 0.2) is 0 Å². The van der Waals surface area contributed by atoms with Crippen molar-refractivity contribution in [1.82, 2.24) is 9.44 Å². The van der Waals surface area contributed by atoms with Crippen molar-refractivity contribution in [3.8, 4) is 0 Å². The SMILES string of the molecule is Cc1ccc(S(=O)(=O)NC(=O)OC/C=C\COC(=O)NS(=O)(=O)c2ccc(C)cc2)cc1. The van der Waals surface area contributed by atoms with Crippen LogP contribution in [0.4, 0.5) is 9.59 Å². The predicted octanol–water partition coefficient (Wildman–Crippen LogP) is 2.39. The van der Waals surface area contributed by atoms with Crippen LogP contribution in [0.5, 0.6) is 0 Å². The highest BCUT2D eigenvalue weighted by atomic mass is 32.2. The van der Waals surface area contributed by atoms with E-state index in [1.807, 2.05) is 0 Å². The van der Waals surface area contributed by atoms with Gasteiger partial charge in [0.2, 0.25) is 0 Å². The van der Waals surface area contributed by atoms with Gasteiger partial charge < -0.3 is 9.47 Å². The molecule has 0 aliphatic rings. The molecule has 0 saturated heterocycles. The molecule has 2 aromatic rings. The largest absolute Gasteiger partial charge is 0.445 e. The van der Waals surface area contributed by atoms with Gasteiger partial charge in [0.05, 0.1) is 9.79 Å². The van der Waals surface area contributed by atoms with E-state index in [4.69, 9.17) is 9.47 Å². The van der Waals surface area contributed by atoms with Crippen LogP contribution in [0.3, 0.4) is 0 Å². The van der Waals surface area contributed by atoms with Crippen LogP contribution in [0, 0.1) is 13.8 Å². The monoisotopic (exact) mass is 482 g/mol. The van der Waals surface area contributed by atoms with E-state index in [-0.39, 0.29) is 23.0 Å². The topological polar surface area (TPSA) is 145 Å². The van der Waals surface area contributed by atoms with E-state index in [1.54, 1.807) is 47.6 Å². The van der Waals surface area contributed by atoms with Gasteiger partial charge in [0, 0.05) is 0 Å². The van der Waals surface area contributed by atoms with Gasteiger partial charge in [-0.15, -0.1) is 0 Å². The van der Waals surface area contributed by atoms with Crippen molar-refractivity contribution in [1.29, 1.82) is 0 Å². The first kappa shape index (κ1) is 24.9. The lowest BCUT2D eigenvalue weighted by Gasteiger charge is -2.07. The normalized spacial score (nSPS) is 11.7. The van der Waals surface area contributed by atoms with Gasteiger partial charge in [-0.2, -0.15) is 0 Å². The zero-order valence-electron chi connectivity index (χ0n) is 17.3. The van der Waals surface area contributed by atoms with Gasteiger partial charge in [-0.1, -0.05) is 35.4 Å². The summed E-state index contributed by atoms with van der Waals surface area (Å²) in [5.74, 6) is 0. The molecule has 0 saturated carbocycles. The molecular formula is C20H22N2O8S2. The van der Waals surface area contributed by atoms with Crippen molar-refractivity contribution < 1.29 is 35.9 Å². The molecule has 2 aromatic carbocycles. The molecule has 0 radical (unpaired) electrons. The molecule has 12 heteroatoms. The van der Waals surface area contributed by atoms with Gasteiger partial charge in [0.25, 0.3) is 20.0 Å². The Kier molecular flexibility index (Phi) is 8.38. The highest BCUT2D eigenvalue weighted by molar-refractivity contribution is 7.90. The summed E-state index contributed by atoms with van der Waals surface area (Å²) < 4.78 is 61.2. The molecule has 0 heterocycles. The van der Waals surface area contributed by atoms with E-state index in [2.05, 4.69) is 0 Å².